The molecular weight excluding hydrogens is 338 g/mol. The molecule has 0 bridgehead atoms. The van der Waals surface area contributed by atoms with Crippen LogP contribution in [0.2, 0.25) is 0 Å². The van der Waals surface area contributed by atoms with E-state index in [2.05, 4.69) is 20.5 Å². The van der Waals surface area contributed by atoms with Gasteiger partial charge in [0.2, 0.25) is 5.56 Å². The summed E-state index contributed by atoms with van der Waals surface area (Å²) in [6.45, 7) is 5.24. The molecule has 1 amide bonds. The van der Waals surface area contributed by atoms with Gasteiger partial charge in [0.15, 0.2) is 5.16 Å². The van der Waals surface area contributed by atoms with Crippen LogP contribution in [0.1, 0.15) is 23.1 Å². The lowest BCUT2D eigenvalue weighted by Gasteiger charge is -2.08. The highest BCUT2D eigenvalue weighted by atomic mass is 32.2. The predicted octanol–water partition coefficient (Wildman–Crippen LogP) is 1.97. The highest BCUT2D eigenvalue weighted by Crippen LogP contribution is 2.17. The first kappa shape index (κ1) is 17.2. The number of hydrogen-bond acceptors (Lipinski definition) is 5. The normalized spacial score (nSPS) is 11.0. The van der Waals surface area contributed by atoms with Crippen LogP contribution in [0.3, 0.4) is 0 Å². The molecule has 0 aliphatic rings. The van der Waals surface area contributed by atoms with E-state index in [0.29, 0.717) is 23.4 Å². The van der Waals surface area contributed by atoms with E-state index < -0.39 is 0 Å². The van der Waals surface area contributed by atoms with E-state index in [1.165, 1.54) is 6.07 Å². The molecule has 130 valence electrons. The van der Waals surface area contributed by atoms with Crippen molar-refractivity contribution < 1.29 is 4.79 Å². The summed E-state index contributed by atoms with van der Waals surface area (Å²) >= 11 is 1.54. The number of para-hydroxylation sites is 1. The van der Waals surface area contributed by atoms with E-state index in [-0.39, 0.29) is 11.5 Å². The minimum Gasteiger partial charge on any atom is -0.351 e. The molecule has 3 aromatic rings. The molecule has 3 rings (SSSR count). The van der Waals surface area contributed by atoms with Crippen LogP contribution in [0.4, 0.5) is 0 Å². The number of aromatic amines is 1. The molecule has 0 unspecified atom stereocenters. The molecule has 25 heavy (non-hydrogen) atoms. The van der Waals surface area contributed by atoms with Crippen LogP contribution < -0.4 is 10.9 Å². The number of amides is 1. The van der Waals surface area contributed by atoms with E-state index in [4.69, 9.17) is 0 Å². The third-order valence-corrected chi connectivity index (χ3v) is 4.80. The van der Waals surface area contributed by atoms with Crippen molar-refractivity contribution in [2.75, 3.05) is 12.3 Å². The van der Waals surface area contributed by atoms with Gasteiger partial charge in [0, 0.05) is 35.8 Å². The Bertz CT molecular complexity index is 963. The summed E-state index contributed by atoms with van der Waals surface area (Å²) in [5.74, 6) is 1.30. The first-order valence-corrected chi connectivity index (χ1v) is 9.01. The summed E-state index contributed by atoms with van der Waals surface area (Å²) in [5.41, 5.74) is 0.753. The Kier molecular flexibility index (Phi) is 5.18. The molecule has 0 fully saturated rings. The zero-order valence-electron chi connectivity index (χ0n) is 14.1. The van der Waals surface area contributed by atoms with Gasteiger partial charge in [0.05, 0.1) is 5.56 Å². The maximum atomic E-state index is 12.4. The largest absolute Gasteiger partial charge is 0.351 e. The maximum absolute atomic E-state index is 12.4. The number of aromatic nitrogens is 4. The summed E-state index contributed by atoms with van der Waals surface area (Å²) in [4.78, 5) is 26.9. The first-order valence-electron chi connectivity index (χ1n) is 8.03. The van der Waals surface area contributed by atoms with Crippen LogP contribution in [-0.4, -0.2) is 38.0 Å². The van der Waals surface area contributed by atoms with Crippen molar-refractivity contribution in [1.82, 2.24) is 25.1 Å². The Balaban J connectivity index is 1.64. The average Bonchev–Trinajstić information content (AvgIpc) is 2.97. The van der Waals surface area contributed by atoms with E-state index in [1.54, 1.807) is 17.8 Å². The van der Waals surface area contributed by atoms with Gasteiger partial charge in [-0.25, -0.2) is 0 Å². The second kappa shape index (κ2) is 7.52. The van der Waals surface area contributed by atoms with E-state index >= 15 is 0 Å². The number of nitrogens with one attached hydrogen (secondary N) is 2. The van der Waals surface area contributed by atoms with Gasteiger partial charge >= 0.3 is 0 Å². The number of benzene rings is 1. The van der Waals surface area contributed by atoms with Gasteiger partial charge in [-0.1, -0.05) is 30.0 Å². The molecule has 0 saturated carbocycles. The van der Waals surface area contributed by atoms with Crippen molar-refractivity contribution in [1.29, 1.82) is 0 Å². The molecule has 2 aromatic heterocycles. The Morgan fingerprint density at radius 2 is 2.12 bits per heavy atom. The zero-order valence-corrected chi connectivity index (χ0v) is 14.9. The number of pyridine rings is 1. The first-order chi connectivity index (χ1) is 12.1. The molecule has 0 radical (unpaired) electrons. The lowest BCUT2D eigenvalue weighted by Crippen LogP contribution is -2.27. The second-order valence-electron chi connectivity index (χ2n) is 5.47. The highest BCUT2D eigenvalue weighted by molar-refractivity contribution is 7.99. The average molecular weight is 357 g/mol. The van der Waals surface area contributed by atoms with E-state index in [0.717, 1.165) is 22.9 Å². The minimum atomic E-state index is -0.287. The van der Waals surface area contributed by atoms with Gasteiger partial charge in [0.1, 0.15) is 5.82 Å². The van der Waals surface area contributed by atoms with Crippen LogP contribution in [0.5, 0.6) is 0 Å². The number of H-pyrrole nitrogens is 1. The molecule has 8 heteroatoms. The van der Waals surface area contributed by atoms with Crippen molar-refractivity contribution in [3.63, 3.8) is 0 Å². The Hall–Kier alpha value is -2.61. The zero-order chi connectivity index (χ0) is 17.8. The Labute approximate surface area is 148 Å². The molecule has 0 atom stereocenters. The van der Waals surface area contributed by atoms with Crippen molar-refractivity contribution in [3.05, 3.63) is 52.1 Å². The van der Waals surface area contributed by atoms with E-state index in [1.807, 2.05) is 36.6 Å². The van der Waals surface area contributed by atoms with E-state index in [9.17, 15) is 9.59 Å². The number of carbonyl (C=O) groups excluding carboxylic acids is 1. The quantitative estimate of drug-likeness (QED) is 0.520. The lowest BCUT2D eigenvalue weighted by atomic mass is 10.1. The number of nitrogens with zero attached hydrogens (tertiary/aromatic N) is 3. The van der Waals surface area contributed by atoms with Gasteiger partial charge in [-0.3, -0.25) is 9.59 Å². The molecule has 0 spiro atoms. The third kappa shape index (κ3) is 3.74. The summed E-state index contributed by atoms with van der Waals surface area (Å²) in [6.07, 6.45) is 0. The lowest BCUT2D eigenvalue weighted by molar-refractivity contribution is 0.0957. The van der Waals surface area contributed by atoms with Gasteiger partial charge in [0.25, 0.3) is 5.91 Å². The van der Waals surface area contributed by atoms with Gasteiger partial charge in [-0.2, -0.15) is 0 Å². The Morgan fingerprint density at radius 3 is 2.92 bits per heavy atom. The van der Waals surface area contributed by atoms with Gasteiger partial charge in [-0.15, -0.1) is 10.2 Å². The third-order valence-electron chi connectivity index (χ3n) is 3.83. The molecule has 2 N–H and O–H groups in total. The van der Waals surface area contributed by atoms with Crippen molar-refractivity contribution >= 4 is 28.6 Å². The molecule has 7 nitrogen and oxygen atoms in total. The monoisotopic (exact) mass is 357 g/mol. The van der Waals surface area contributed by atoms with Gasteiger partial charge < -0.3 is 14.9 Å². The topological polar surface area (TPSA) is 92.7 Å². The van der Waals surface area contributed by atoms with Crippen LogP contribution in [0, 0.1) is 6.92 Å². The SMILES string of the molecule is CCn1c(C)nnc1SCCNC(=O)c1cc(=O)[nH]c2ccccc12. The van der Waals surface area contributed by atoms with Crippen LogP contribution in [0.25, 0.3) is 10.9 Å². The van der Waals surface area contributed by atoms with Crippen LogP contribution in [-0.2, 0) is 6.54 Å². The predicted molar refractivity (Wildman–Crippen MR) is 98.1 cm³/mol. The van der Waals surface area contributed by atoms with Crippen molar-refractivity contribution in [3.8, 4) is 0 Å². The summed E-state index contributed by atoms with van der Waals surface area (Å²) in [5, 5.41) is 12.6. The van der Waals surface area contributed by atoms with Crippen molar-refractivity contribution in [2.45, 2.75) is 25.5 Å². The molecule has 0 saturated heterocycles. The van der Waals surface area contributed by atoms with Crippen molar-refractivity contribution in [2.24, 2.45) is 0 Å². The highest BCUT2D eigenvalue weighted by Gasteiger charge is 2.12. The summed E-state index contributed by atoms with van der Waals surface area (Å²) < 4.78 is 2.02. The number of rotatable bonds is 6. The molecule has 2 heterocycles. The van der Waals surface area contributed by atoms with Gasteiger partial charge in [-0.05, 0) is 19.9 Å². The standard InChI is InChI=1S/C17H19N5O2S/c1-3-22-11(2)20-21-17(22)25-9-8-18-16(24)13-10-15(23)19-14-7-5-4-6-12(13)14/h4-7,10H,3,8-9H2,1-2H3,(H,18,24)(H,19,23). The van der Waals surface area contributed by atoms with Crippen LogP contribution >= 0.6 is 11.8 Å². The molecule has 0 aliphatic heterocycles. The number of carbonyl (C=O) groups is 1. The minimum absolute atomic E-state index is 0.254. The Morgan fingerprint density at radius 1 is 1.32 bits per heavy atom. The second-order valence-corrected chi connectivity index (χ2v) is 6.53. The maximum Gasteiger partial charge on any atom is 0.252 e. The number of hydrogen-bond donors (Lipinski definition) is 2. The fraction of sp³-hybridized carbons (Fsp3) is 0.294. The molecular formula is C17H19N5O2S. The number of aryl methyl sites for hydroxylation is 1. The molecule has 0 aliphatic carbocycles. The van der Waals surface area contributed by atoms with Crippen LogP contribution in [0.15, 0.2) is 40.3 Å². The molecule has 1 aromatic carbocycles. The fourth-order valence-electron chi connectivity index (χ4n) is 2.63. The number of thioether (sulfide) groups is 1. The summed E-state index contributed by atoms with van der Waals surface area (Å²) in [6, 6.07) is 8.60. The number of fused-ring (bicyclic) bond motifs is 1. The summed E-state index contributed by atoms with van der Waals surface area (Å²) in [7, 11) is 0. The fourth-order valence-corrected chi connectivity index (χ4v) is 3.53. The smallest absolute Gasteiger partial charge is 0.252 e.